The van der Waals surface area contributed by atoms with Gasteiger partial charge in [-0.1, -0.05) is 56.1 Å². The Kier molecular flexibility index (Phi) is 3.71. The normalized spacial score (nSPS) is 15.8. The molecule has 4 aromatic carbocycles. The van der Waals surface area contributed by atoms with Crippen molar-refractivity contribution in [3.05, 3.63) is 92.9 Å². The van der Waals surface area contributed by atoms with Crippen LogP contribution in [0.1, 0.15) is 11.1 Å². The average Bonchev–Trinajstić information content (AvgIpc) is 2.73. The quantitative estimate of drug-likeness (QED) is 0.243. The lowest BCUT2D eigenvalue weighted by atomic mass is 9.97. The van der Waals surface area contributed by atoms with Crippen molar-refractivity contribution in [3.8, 4) is 11.5 Å². The van der Waals surface area contributed by atoms with E-state index in [1.807, 2.05) is 24.3 Å². The molecule has 140 valence electrons. The van der Waals surface area contributed by atoms with Gasteiger partial charge in [-0.05, 0) is 70.1 Å². The molecule has 0 unspecified atom stereocenters. The van der Waals surface area contributed by atoms with Crippen LogP contribution in [0, 0.1) is 0 Å². The minimum Gasteiger partial charge on any atom is -0.445 e. The predicted octanol–water partition coefficient (Wildman–Crippen LogP) is 7.73. The van der Waals surface area contributed by atoms with Crippen LogP contribution in [0.25, 0.3) is 33.7 Å². The van der Waals surface area contributed by atoms with Gasteiger partial charge in [0.2, 0.25) is 0 Å². The maximum absolute atomic E-state index is 6.37. The number of rotatable bonds is 0. The molecule has 0 amide bonds. The highest BCUT2D eigenvalue weighted by Crippen LogP contribution is 2.42. The summed E-state index contributed by atoms with van der Waals surface area (Å²) in [6, 6.07) is 20.8. The van der Waals surface area contributed by atoms with Crippen LogP contribution in [-0.2, 0) is 0 Å². The van der Waals surface area contributed by atoms with E-state index in [9.17, 15) is 0 Å². The van der Waals surface area contributed by atoms with Crippen molar-refractivity contribution >= 4 is 65.6 Å². The van der Waals surface area contributed by atoms with Crippen molar-refractivity contribution in [2.45, 2.75) is 5.79 Å². The molecule has 6 rings (SSSR count). The van der Waals surface area contributed by atoms with Crippen LogP contribution in [-0.4, -0.2) is 5.79 Å². The molecule has 4 aromatic rings. The molecule has 0 aromatic heterocycles. The van der Waals surface area contributed by atoms with Crippen molar-refractivity contribution in [3.63, 3.8) is 0 Å². The Bertz CT molecular complexity index is 1280. The molecule has 0 fully saturated rings. The van der Waals surface area contributed by atoms with Crippen molar-refractivity contribution in [1.82, 2.24) is 0 Å². The van der Waals surface area contributed by atoms with Crippen LogP contribution in [0.3, 0.4) is 0 Å². The molecule has 0 radical (unpaired) electrons. The molecule has 2 aliphatic heterocycles. The minimum atomic E-state index is -0.925. The number of benzene rings is 4. The summed E-state index contributed by atoms with van der Waals surface area (Å²) < 4.78 is 14.9. The Labute approximate surface area is 184 Å². The summed E-state index contributed by atoms with van der Waals surface area (Å²) in [4.78, 5) is 0. The fraction of sp³-hybridized carbons (Fsp3) is 0.0400. The van der Waals surface area contributed by atoms with Crippen LogP contribution >= 0.6 is 31.9 Å². The molecule has 29 heavy (non-hydrogen) atoms. The van der Waals surface area contributed by atoms with Crippen LogP contribution in [0.5, 0.6) is 11.5 Å². The van der Waals surface area contributed by atoms with Crippen molar-refractivity contribution in [1.29, 1.82) is 0 Å². The van der Waals surface area contributed by atoms with Gasteiger partial charge in [0.1, 0.15) is 11.5 Å². The third kappa shape index (κ3) is 2.74. The van der Waals surface area contributed by atoms with Crippen molar-refractivity contribution < 1.29 is 9.47 Å². The highest BCUT2D eigenvalue weighted by Gasteiger charge is 2.36. The van der Waals surface area contributed by atoms with E-state index in [-0.39, 0.29) is 0 Å². The second-order valence-electron chi connectivity index (χ2n) is 7.28. The van der Waals surface area contributed by atoms with E-state index in [1.165, 1.54) is 10.8 Å². The first-order chi connectivity index (χ1) is 14.1. The summed E-state index contributed by atoms with van der Waals surface area (Å²) in [6.45, 7) is 0. The van der Waals surface area contributed by atoms with Crippen molar-refractivity contribution in [2.75, 3.05) is 0 Å². The smallest absolute Gasteiger partial charge is 0.291 e. The first-order valence-corrected chi connectivity index (χ1v) is 10.9. The fourth-order valence-electron chi connectivity index (χ4n) is 4.09. The fourth-order valence-corrected chi connectivity index (χ4v) is 4.84. The molecule has 4 heteroatoms. The Morgan fingerprint density at radius 2 is 1.07 bits per heavy atom. The summed E-state index contributed by atoms with van der Waals surface area (Å²) >= 11 is 7.08. The molecular weight excluding hydrogens is 492 g/mol. The van der Waals surface area contributed by atoms with Crippen LogP contribution in [0.15, 0.2) is 81.8 Å². The molecule has 0 saturated heterocycles. The lowest BCUT2D eigenvalue weighted by Gasteiger charge is -2.35. The standard InChI is InChI=1S/C25H14Br2O2/c26-17-3-5-19-15(13-17)1-7-23-21(19)9-11-25(28-23)12-10-22-20-6-4-18(27)14-16(20)2-8-24(22)29-25/h1-14H. The molecular formula is C25H14Br2O2. The van der Waals surface area contributed by atoms with Gasteiger partial charge in [-0.2, -0.15) is 0 Å². The maximum atomic E-state index is 6.37. The van der Waals surface area contributed by atoms with Crippen molar-refractivity contribution in [2.24, 2.45) is 0 Å². The van der Waals surface area contributed by atoms with Gasteiger partial charge in [-0.25, -0.2) is 0 Å². The minimum absolute atomic E-state index is 0.820. The van der Waals surface area contributed by atoms with Crippen LogP contribution in [0.4, 0.5) is 0 Å². The van der Waals surface area contributed by atoms with E-state index < -0.39 is 5.79 Å². The van der Waals surface area contributed by atoms with E-state index in [0.29, 0.717) is 0 Å². The van der Waals surface area contributed by atoms with Gasteiger partial charge in [0.25, 0.3) is 5.79 Å². The highest BCUT2D eigenvalue weighted by molar-refractivity contribution is 9.10. The molecule has 2 aliphatic rings. The van der Waals surface area contributed by atoms with Gasteiger partial charge < -0.3 is 9.47 Å². The summed E-state index contributed by atoms with van der Waals surface area (Å²) in [5, 5.41) is 4.66. The van der Waals surface area contributed by atoms with Crippen LogP contribution in [0.2, 0.25) is 0 Å². The molecule has 2 nitrogen and oxygen atoms in total. The molecule has 0 atom stereocenters. The van der Waals surface area contributed by atoms with E-state index >= 15 is 0 Å². The molecule has 1 spiro atoms. The monoisotopic (exact) mass is 504 g/mol. The predicted molar refractivity (Wildman–Crippen MR) is 125 cm³/mol. The lowest BCUT2D eigenvalue weighted by Crippen LogP contribution is -2.41. The second-order valence-corrected chi connectivity index (χ2v) is 9.11. The number of fused-ring (bicyclic) bond motifs is 6. The molecule has 2 heterocycles. The molecule has 0 N–H and O–H groups in total. The molecule has 0 aliphatic carbocycles. The highest BCUT2D eigenvalue weighted by atomic mass is 79.9. The summed E-state index contributed by atoms with van der Waals surface area (Å²) in [6.07, 6.45) is 8.18. The number of hydrogen-bond acceptors (Lipinski definition) is 2. The summed E-state index contributed by atoms with van der Waals surface area (Å²) in [5.74, 6) is 0.715. The third-order valence-electron chi connectivity index (χ3n) is 5.47. The number of ether oxygens (including phenoxy) is 2. The summed E-state index contributed by atoms with van der Waals surface area (Å²) in [5.41, 5.74) is 2.15. The SMILES string of the molecule is Brc1ccc2c3c(ccc2c1)OC1(C=C3)C=Cc2c(ccc3cc(Br)ccc23)O1. The van der Waals surface area contributed by atoms with E-state index in [1.54, 1.807) is 0 Å². The summed E-state index contributed by atoms with van der Waals surface area (Å²) in [7, 11) is 0. The van der Waals surface area contributed by atoms with E-state index in [2.05, 4.69) is 92.5 Å². The van der Waals surface area contributed by atoms with Gasteiger partial charge in [-0.15, -0.1) is 0 Å². The van der Waals surface area contributed by atoms with Crippen LogP contribution < -0.4 is 9.47 Å². The molecule has 0 saturated carbocycles. The van der Waals surface area contributed by atoms with E-state index in [4.69, 9.17) is 9.47 Å². The lowest BCUT2D eigenvalue weighted by molar-refractivity contribution is -0.0304. The second kappa shape index (κ2) is 6.22. The topological polar surface area (TPSA) is 18.5 Å². The number of hydrogen-bond donors (Lipinski definition) is 0. The first kappa shape index (κ1) is 17.3. The Morgan fingerprint density at radius 3 is 1.55 bits per heavy atom. The largest absolute Gasteiger partial charge is 0.445 e. The zero-order chi connectivity index (χ0) is 19.6. The first-order valence-electron chi connectivity index (χ1n) is 9.31. The number of halogens is 2. The average molecular weight is 506 g/mol. The Balaban J connectivity index is 1.44. The Morgan fingerprint density at radius 1 is 0.586 bits per heavy atom. The zero-order valence-corrected chi connectivity index (χ0v) is 18.3. The van der Waals surface area contributed by atoms with Gasteiger partial charge in [0.05, 0.1) is 0 Å². The Hall–Kier alpha value is -2.56. The van der Waals surface area contributed by atoms with Gasteiger partial charge in [0.15, 0.2) is 0 Å². The maximum Gasteiger partial charge on any atom is 0.291 e. The van der Waals surface area contributed by atoms with Gasteiger partial charge in [-0.3, -0.25) is 0 Å². The zero-order valence-electron chi connectivity index (χ0n) is 15.2. The third-order valence-corrected chi connectivity index (χ3v) is 6.46. The van der Waals surface area contributed by atoms with E-state index in [0.717, 1.165) is 42.3 Å². The molecule has 0 bridgehead atoms. The van der Waals surface area contributed by atoms with Gasteiger partial charge >= 0.3 is 0 Å². The van der Waals surface area contributed by atoms with Gasteiger partial charge in [0, 0.05) is 32.2 Å².